The number of methoxy groups -OCH3 is 1. The van der Waals surface area contributed by atoms with E-state index in [-0.39, 0.29) is 24.8 Å². The molecule has 2 aromatic carbocycles. The van der Waals surface area contributed by atoms with E-state index >= 15 is 0 Å². The first kappa shape index (κ1) is 22.2. The number of anilines is 1. The SMILES string of the molecule is CCOC(=O)Cc1csc(NN=Cc2ccc(OCc3ccccc3F)c(OC)c2)n1. The van der Waals surface area contributed by atoms with Crippen LogP contribution in [0.2, 0.25) is 0 Å². The Balaban J connectivity index is 1.58. The predicted molar refractivity (Wildman–Crippen MR) is 117 cm³/mol. The number of ether oxygens (including phenoxy) is 3. The van der Waals surface area contributed by atoms with E-state index in [2.05, 4.69) is 15.5 Å². The molecule has 0 aliphatic rings. The van der Waals surface area contributed by atoms with Gasteiger partial charge >= 0.3 is 5.97 Å². The van der Waals surface area contributed by atoms with Crippen molar-refractivity contribution >= 4 is 28.7 Å². The zero-order valence-electron chi connectivity index (χ0n) is 17.1. The second kappa shape index (κ2) is 11.1. The molecule has 7 nitrogen and oxygen atoms in total. The van der Waals surface area contributed by atoms with Gasteiger partial charge in [0.1, 0.15) is 12.4 Å². The van der Waals surface area contributed by atoms with Gasteiger partial charge in [-0.3, -0.25) is 10.2 Å². The van der Waals surface area contributed by atoms with E-state index in [4.69, 9.17) is 14.2 Å². The van der Waals surface area contributed by atoms with Crippen LogP contribution in [0, 0.1) is 5.82 Å². The molecular weight excluding hydrogens is 421 g/mol. The number of halogens is 1. The van der Waals surface area contributed by atoms with E-state index in [1.807, 2.05) is 0 Å². The lowest BCUT2D eigenvalue weighted by atomic mass is 10.2. The van der Waals surface area contributed by atoms with Crippen molar-refractivity contribution in [3.63, 3.8) is 0 Å². The smallest absolute Gasteiger partial charge is 0.311 e. The maximum absolute atomic E-state index is 13.8. The lowest BCUT2D eigenvalue weighted by molar-refractivity contribution is -0.142. The van der Waals surface area contributed by atoms with Gasteiger partial charge in [0.05, 0.1) is 32.0 Å². The Labute approximate surface area is 183 Å². The summed E-state index contributed by atoms with van der Waals surface area (Å²) in [5.74, 6) is 0.377. The summed E-state index contributed by atoms with van der Waals surface area (Å²) in [6.45, 7) is 2.20. The first-order valence-corrected chi connectivity index (χ1v) is 10.4. The third-order valence-electron chi connectivity index (χ3n) is 4.09. The molecular formula is C22H22FN3O4S. The van der Waals surface area contributed by atoms with Crippen molar-refractivity contribution in [2.75, 3.05) is 19.1 Å². The Morgan fingerprint density at radius 2 is 2.10 bits per heavy atom. The van der Waals surface area contributed by atoms with Crippen LogP contribution in [-0.2, 0) is 22.6 Å². The number of esters is 1. The number of carbonyl (C=O) groups is 1. The van der Waals surface area contributed by atoms with E-state index in [1.165, 1.54) is 24.5 Å². The van der Waals surface area contributed by atoms with Crippen LogP contribution in [0.4, 0.5) is 9.52 Å². The molecule has 3 aromatic rings. The standard InChI is InChI=1S/C22H22FN3O4S/c1-3-29-21(27)11-17-14-31-22(25-17)26-24-12-15-8-9-19(20(10-15)28-2)30-13-16-6-4-5-7-18(16)23/h4-10,12,14H,3,11,13H2,1-2H3,(H,25,26). The molecule has 0 radical (unpaired) electrons. The van der Waals surface area contributed by atoms with Crippen molar-refractivity contribution < 1.29 is 23.4 Å². The molecule has 0 spiro atoms. The molecule has 1 N–H and O–H groups in total. The number of rotatable bonds is 10. The first-order chi connectivity index (χ1) is 15.1. The Morgan fingerprint density at radius 1 is 1.26 bits per heavy atom. The molecule has 9 heteroatoms. The summed E-state index contributed by atoms with van der Waals surface area (Å²) in [4.78, 5) is 15.8. The lowest BCUT2D eigenvalue weighted by Gasteiger charge is -2.11. The molecule has 162 valence electrons. The van der Waals surface area contributed by atoms with Crippen LogP contribution in [0.15, 0.2) is 52.9 Å². The number of nitrogens with zero attached hydrogens (tertiary/aromatic N) is 2. The molecule has 0 saturated heterocycles. The van der Waals surface area contributed by atoms with Gasteiger partial charge in [0.25, 0.3) is 0 Å². The first-order valence-electron chi connectivity index (χ1n) is 9.52. The molecule has 0 unspecified atom stereocenters. The van der Waals surface area contributed by atoms with Gasteiger partial charge in [0, 0.05) is 10.9 Å². The molecule has 1 heterocycles. The minimum Gasteiger partial charge on any atom is -0.493 e. The van der Waals surface area contributed by atoms with Crippen LogP contribution in [0.5, 0.6) is 11.5 Å². The van der Waals surface area contributed by atoms with Gasteiger partial charge in [0.15, 0.2) is 11.5 Å². The van der Waals surface area contributed by atoms with Gasteiger partial charge in [-0.1, -0.05) is 18.2 Å². The predicted octanol–water partition coefficient (Wildman–Crippen LogP) is 4.42. The maximum Gasteiger partial charge on any atom is 0.311 e. The fourth-order valence-electron chi connectivity index (χ4n) is 2.62. The van der Waals surface area contributed by atoms with Crippen LogP contribution < -0.4 is 14.9 Å². The fraction of sp³-hybridized carbons (Fsp3) is 0.227. The number of thiazole rings is 1. The Morgan fingerprint density at radius 3 is 2.87 bits per heavy atom. The normalized spacial score (nSPS) is 10.8. The second-order valence-electron chi connectivity index (χ2n) is 6.29. The maximum atomic E-state index is 13.8. The summed E-state index contributed by atoms with van der Waals surface area (Å²) in [5.41, 5.74) is 4.69. The Hall–Kier alpha value is -3.46. The van der Waals surface area contributed by atoms with E-state index in [9.17, 15) is 9.18 Å². The van der Waals surface area contributed by atoms with Gasteiger partial charge in [-0.05, 0) is 36.8 Å². The summed E-state index contributed by atoms with van der Waals surface area (Å²) in [5, 5.41) is 6.50. The van der Waals surface area contributed by atoms with Gasteiger partial charge in [-0.25, -0.2) is 9.37 Å². The van der Waals surface area contributed by atoms with Gasteiger partial charge in [0.2, 0.25) is 5.13 Å². The summed E-state index contributed by atoms with van der Waals surface area (Å²) < 4.78 is 29.7. The number of nitrogens with one attached hydrogen (secondary N) is 1. The third-order valence-corrected chi connectivity index (χ3v) is 4.88. The third kappa shape index (κ3) is 6.51. The van der Waals surface area contributed by atoms with E-state index in [1.54, 1.807) is 54.9 Å². The highest BCUT2D eigenvalue weighted by Gasteiger charge is 2.09. The highest BCUT2D eigenvalue weighted by molar-refractivity contribution is 7.13. The number of hydrogen-bond acceptors (Lipinski definition) is 8. The summed E-state index contributed by atoms with van der Waals surface area (Å²) in [6, 6.07) is 11.8. The van der Waals surface area contributed by atoms with Gasteiger partial charge in [-0.2, -0.15) is 5.10 Å². The van der Waals surface area contributed by atoms with Crippen LogP contribution in [0.3, 0.4) is 0 Å². The van der Waals surface area contributed by atoms with E-state index in [0.29, 0.717) is 34.5 Å². The molecule has 0 aliphatic carbocycles. The monoisotopic (exact) mass is 443 g/mol. The van der Waals surface area contributed by atoms with Crippen LogP contribution >= 0.6 is 11.3 Å². The molecule has 31 heavy (non-hydrogen) atoms. The second-order valence-corrected chi connectivity index (χ2v) is 7.14. The molecule has 3 rings (SSSR count). The summed E-state index contributed by atoms with van der Waals surface area (Å²) in [7, 11) is 1.53. The topological polar surface area (TPSA) is 82.0 Å². The fourth-order valence-corrected chi connectivity index (χ4v) is 3.28. The number of hydrazone groups is 1. The summed E-state index contributed by atoms with van der Waals surface area (Å²) >= 11 is 1.34. The van der Waals surface area contributed by atoms with Crippen molar-refractivity contribution in [2.45, 2.75) is 20.0 Å². The molecule has 0 fully saturated rings. The van der Waals surface area contributed by atoms with Crippen molar-refractivity contribution in [1.82, 2.24) is 4.98 Å². The van der Waals surface area contributed by atoms with Crippen molar-refractivity contribution in [2.24, 2.45) is 5.10 Å². The lowest BCUT2D eigenvalue weighted by Crippen LogP contribution is -2.07. The molecule has 0 bridgehead atoms. The van der Waals surface area contributed by atoms with Crippen molar-refractivity contribution in [3.8, 4) is 11.5 Å². The van der Waals surface area contributed by atoms with Gasteiger partial charge < -0.3 is 14.2 Å². The van der Waals surface area contributed by atoms with E-state index < -0.39 is 0 Å². The quantitative estimate of drug-likeness (QED) is 0.284. The zero-order chi connectivity index (χ0) is 22.1. The highest BCUT2D eigenvalue weighted by Crippen LogP contribution is 2.28. The molecule has 0 saturated carbocycles. The zero-order valence-corrected chi connectivity index (χ0v) is 17.9. The van der Waals surface area contributed by atoms with E-state index in [0.717, 1.165) is 5.56 Å². The van der Waals surface area contributed by atoms with Crippen molar-refractivity contribution in [3.05, 3.63) is 70.5 Å². The largest absolute Gasteiger partial charge is 0.493 e. The van der Waals surface area contributed by atoms with Gasteiger partial charge in [-0.15, -0.1) is 11.3 Å². The number of hydrogen-bond donors (Lipinski definition) is 1. The minimum absolute atomic E-state index is 0.0935. The van der Waals surface area contributed by atoms with Crippen LogP contribution in [0.25, 0.3) is 0 Å². The minimum atomic E-state index is -0.316. The Kier molecular flexibility index (Phi) is 7.94. The average molecular weight is 444 g/mol. The van der Waals surface area contributed by atoms with Crippen molar-refractivity contribution in [1.29, 1.82) is 0 Å². The Bertz CT molecular complexity index is 1050. The van der Waals surface area contributed by atoms with Crippen LogP contribution in [-0.4, -0.2) is 30.9 Å². The number of carbonyl (C=O) groups excluding carboxylic acids is 1. The highest BCUT2D eigenvalue weighted by atomic mass is 32.1. The summed E-state index contributed by atoms with van der Waals surface area (Å²) in [6.07, 6.45) is 1.73. The number of benzene rings is 2. The molecule has 0 aliphatic heterocycles. The average Bonchev–Trinajstić information content (AvgIpc) is 3.20. The molecule has 1 aromatic heterocycles. The molecule has 0 amide bonds. The number of aromatic nitrogens is 1. The van der Waals surface area contributed by atoms with Crippen LogP contribution in [0.1, 0.15) is 23.7 Å². The molecule has 0 atom stereocenters.